The Morgan fingerprint density at radius 3 is 2.32 bits per heavy atom. The summed E-state index contributed by atoms with van der Waals surface area (Å²) in [5.41, 5.74) is 1.18. The van der Waals surface area contributed by atoms with Crippen LogP contribution in [0.5, 0.6) is 0 Å². The molecule has 3 aromatic carbocycles. The molecule has 0 fully saturated rings. The van der Waals surface area contributed by atoms with Crippen LogP contribution in [0.3, 0.4) is 0 Å². The minimum absolute atomic E-state index is 0.353. The zero-order valence-corrected chi connectivity index (χ0v) is 17.8. The molecule has 6 nitrogen and oxygen atoms in total. The molecule has 0 heterocycles. The van der Waals surface area contributed by atoms with Crippen LogP contribution in [0.1, 0.15) is 22.0 Å². The average Bonchev–Trinajstić information content (AvgIpc) is 2.78. The lowest BCUT2D eigenvalue weighted by molar-refractivity contribution is -0.153. The van der Waals surface area contributed by atoms with Crippen LogP contribution < -0.4 is 10.6 Å². The predicted octanol–water partition coefficient (Wildman–Crippen LogP) is 4.24. The molecule has 0 aromatic heterocycles. The first-order valence-electron chi connectivity index (χ1n) is 9.27. The van der Waals surface area contributed by atoms with Gasteiger partial charge in [-0.1, -0.05) is 52.3 Å². The molecule has 0 bridgehead atoms. The van der Waals surface area contributed by atoms with E-state index in [2.05, 4.69) is 26.6 Å². The maximum absolute atomic E-state index is 13.1. The van der Waals surface area contributed by atoms with Gasteiger partial charge in [0.05, 0.1) is 0 Å². The SMILES string of the molecule is O=C(CNC(=O)c1cccc(Br)c1)OC(C(=O)Nc1ccc(F)cc1)c1ccccc1. The molecule has 0 spiro atoms. The van der Waals surface area contributed by atoms with Crippen molar-refractivity contribution >= 4 is 39.4 Å². The van der Waals surface area contributed by atoms with Gasteiger partial charge in [0.15, 0.2) is 0 Å². The molecule has 0 aliphatic carbocycles. The summed E-state index contributed by atoms with van der Waals surface area (Å²) in [6.45, 7) is -0.418. The Hall–Kier alpha value is -3.52. The standard InChI is InChI=1S/C23H18BrFN2O4/c24-17-8-4-7-16(13-17)22(29)26-14-20(28)31-21(15-5-2-1-3-6-15)23(30)27-19-11-9-18(25)10-12-19/h1-13,21H,14H2,(H,26,29)(H,27,30). The minimum Gasteiger partial charge on any atom is -0.446 e. The number of hydrogen-bond donors (Lipinski definition) is 2. The predicted molar refractivity (Wildman–Crippen MR) is 117 cm³/mol. The molecule has 8 heteroatoms. The Kier molecular flexibility index (Phi) is 7.50. The average molecular weight is 485 g/mol. The van der Waals surface area contributed by atoms with Crippen molar-refractivity contribution in [3.05, 3.63) is 100 Å². The van der Waals surface area contributed by atoms with Crippen molar-refractivity contribution in [3.63, 3.8) is 0 Å². The van der Waals surface area contributed by atoms with Crippen molar-refractivity contribution in [2.75, 3.05) is 11.9 Å². The third-order valence-electron chi connectivity index (χ3n) is 4.18. The topological polar surface area (TPSA) is 84.5 Å². The lowest BCUT2D eigenvalue weighted by atomic mass is 10.1. The van der Waals surface area contributed by atoms with E-state index in [4.69, 9.17) is 4.74 Å². The number of ether oxygens (including phenoxy) is 1. The third kappa shape index (κ3) is 6.48. The van der Waals surface area contributed by atoms with Crippen LogP contribution in [-0.4, -0.2) is 24.3 Å². The molecule has 2 N–H and O–H groups in total. The Morgan fingerprint density at radius 2 is 1.65 bits per heavy atom. The molecule has 2 amide bonds. The Morgan fingerprint density at radius 1 is 0.935 bits per heavy atom. The van der Waals surface area contributed by atoms with E-state index in [1.807, 2.05) is 0 Å². The van der Waals surface area contributed by atoms with Crippen LogP contribution in [0.25, 0.3) is 0 Å². The first kappa shape index (κ1) is 22.2. The second kappa shape index (κ2) is 10.5. The number of benzene rings is 3. The van der Waals surface area contributed by atoms with Crippen molar-refractivity contribution < 1.29 is 23.5 Å². The van der Waals surface area contributed by atoms with Crippen molar-refractivity contribution in [2.45, 2.75) is 6.10 Å². The fourth-order valence-corrected chi connectivity index (χ4v) is 3.10. The molecule has 1 atom stereocenters. The van der Waals surface area contributed by atoms with E-state index in [9.17, 15) is 18.8 Å². The fourth-order valence-electron chi connectivity index (χ4n) is 2.70. The van der Waals surface area contributed by atoms with Crippen molar-refractivity contribution in [2.24, 2.45) is 0 Å². The monoisotopic (exact) mass is 484 g/mol. The van der Waals surface area contributed by atoms with E-state index in [1.54, 1.807) is 54.6 Å². The molecular formula is C23H18BrFN2O4. The van der Waals surface area contributed by atoms with Crippen LogP contribution in [0.15, 0.2) is 83.3 Å². The molecule has 1 unspecified atom stereocenters. The highest BCUT2D eigenvalue weighted by atomic mass is 79.9. The summed E-state index contributed by atoms with van der Waals surface area (Å²) in [5.74, 6) is -2.29. The highest BCUT2D eigenvalue weighted by Crippen LogP contribution is 2.20. The second-order valence-corrected chi connectivity index (χ2v) is 7.39. The number of hydrogen-bond acceptors (Lipinski definition) is 4. The van der Waals surface area contributed by atoms with Crippen molar-refractivity contribution in [1.29, 1.82) is 0 Å². The first-order chi connectivity index (χ1) is 14.9. The van der Waals surface area contributed by atoms with Crippen LogP contribution >= 0.6 is 15.9 Å². The van der Waals surface area contributed by atoms with Gasteiger partial charge in [0.25, 0.3) is 11.8 Å². The second-order valence-electron chi connectivity index (χ2n) is 6.47. The smallest absolute Gasteiger partial charge is 0.326 e. The molecule has 3 aromatic rings. The van der Waals surface area contributed by atoms with Crippen LogP contribution in [0.4, 0.5) is 10.1 Å². The van der Waals surface area contributed by atoms with E-state index in [0.29, 0.717) is 16.8 Å². The summed E-state index contributed by atoms with van der Waals surface area (Å²) in [6, 6.07) is 20.4. The van der Waals surface area contributed by atoms with Crippen molar-refractivity contribution in [3.8, 4) is 0 Å². The zero-order chi connectivity index (χ0) is 22.2. The molecule has 158 valence electrons. The van der Waals surface area contributed by atoms with E-state index in [1.165, 1.54) is 24.3 Å². The molecule has 31 heavy (non-hydrogen) atoms. The van der Waals surface area contributed by atoms with Gasteiger partial charge in [-0.15, -0.1) is 0 Å². The van der Waals surface area contributed by atoms with Crippen molar-refractivity contribution in [1.82, 2.24) is 5.32 Å². The van der Waals surface area contributed by atoms with Gasteiger partial charge in [0, 0.05) is 21.3 Å². The molecule has 3 rings (SSSR count). The van der Waals surface area contributed by atoms with Gasteiger partial charge >= 0.3 is 5.97 Å². The highest BCUT2D eigenvalue weighted by molar-refractivity contribution is 9.10. The number of carbonyl (C=O) groups excluding carboxylic acids is 3. The number of esters is 1. The largest absolute Gasteiger partial charge is 0.446 e. The third-order valence-corrected chi connectivity index (χ3v) is 4.67. The lowest BCUT2D eigenvalue weighted by Gasteiger charge is -2.18. The maximum Gasteiger partial charge on any atom is 0.326 e. The number of rotatable bonds is 7. The Balaban J connectivity index is 1.66. The number of amides is 2. The first-order valence-corrected chi connectivity index (χ1v) is 10.1. The highest BCUT2D eigenvalue weighted by Gasteiger charge is 2.25. The van der Waals surface area contributed by atoms with E-state index in [-0.39, 0.29) is 0 Å². The van der Waals surface area contributed by atoms with E-state index in [0.717, 1.165) is 4.47 Å². The Labute approximate surface area is 186 Å². The van der Waals surface area contributed by atoms with Crippen LogP contribution in [0.2, 0.25) is 0 Å². The zero-order valence-electron chi connectivity index (χ0n) is 16.2. The number of halogens is 2. The summed E-state index contributed by atoms with van der Waals surface area (Å²) in [4.78, 5) is 37.3. The summed E-state index contributed by atoms with van der Waals surface area (Å²) < 4.78 is 19.2. The van der Waals surface area contributed by atoms with E-state index < -0.39 is 36.2 Å². The van der Waals surface area contributed by atoms with Gasteiger partial charge in [0.2, 0.25) is 6.10 Å². The number of anilines is 1. The molecule has 0 radical (unpaired) electrons. The van der Waals surface area contributed by atoms with Gasteiger partial charge in [-0.25, -0.2) is 4.39 Å². The minimum atomic E-state index is -1.25. The molecule has 0 saturated heterocycles. The van der Waals surface area contributed by atoms with Gasteiger partial charge in [-0.05, 0) is 42.5 Å². The Bertz CT molecular complexity index is 1070. The van der Waals surface area contributed by atoms with Gasteiger partial charge in [-0.3, -0.25) is 14.4 Å². The molecule has 0 aliphatic heterocycles. The summed E-state index contributed by atoms with van der Waals surface area (Å²) in [5, 5.41) is 5.06. The van der Waals surface area contributed by atoms with E-state index >= 15 is 0 Å². The summed E-state index contributed by atoms with van der Waals surface area (Å²) in [6.07, 6.45) is -1.25. The summed E-state index contributed by atoms with van der Waals surface area (Å²) in [7, 11) is 0. The van der Waals surface area contributed by atoms with Gasteiger partial charge in [-0.2, -0.15) is 0 Å². The summed E-state index contributed by atoms with van der Waals surface area (Å²) >= 11 is 3.28. The van der Waals surface area contributed by atoms with Crippen LogP contribution in [0, 0.1) is 5.82 Å². The maximum atomic E-state index is 13.1. The quantitative estimate of drug-likeness (QED) is 0.491. The molecular weight excluding hydrogens is 467 g/mol. The number of nitrogens with one attached hydrogen (secondary N) is 2. The van der Waals surface area contributed by atoms with Gasteiger partial charge in [0.1, 0.15) is 12.4 Å². The van der Waals surface area contributed by atoms with Crippen LogP contribution in [-0.2, 0) is 14.3 Å². The lowest BCUT2D eigenvalue weighted by Crippen LogP contribution is -2.33. The molecule has 0 aliphatic rings. The normalized spacial score (nSPS) is 11.3. The fraction of sp³-hybridized carbons (Fsp3) is 0.0870. The number of carbonyl (C=O) groups is 3. The molecule has 0 saturated carbocycles. The van der Waals surface area contributed by atoms with Gasteiger partial charge < -0.3 is 15.4 Å².